The predicted molar refractivity (Wildman–Crippen MR) is 133 cm³/mol. The second-order valence-corrected chi connectivity index (χ2v) is 12.7. The fourth-order valence-electron chi connectivity index (χ4n) is 5.33. The summed E-state index contributed by atoms with van der Waals surface area (Å²) in [5, 5.41) is 0. The van der Waals surface area contributed by atoms with Crippen molar-refractivity contribution in [3.8, 4) is 0 Å². The maximum Gasteiger partial charge on any atom is 0.411 e. The molecule has 3 rings (SSSR count). The van der Waals surface area contributed by atoms with Crippen molar-refractivity contribution in [2.75, 3.05) is 39.8 Å². The highest BCUT2D eigenvalue weighted by Gasteiger charge is 2.50. The number of amides is 3. The first-order valence-corrected chi connectivity index (χ1v) is 13.2. The molecule has 3 amide bonds. The van der Waals surface area contributed by atoms with Crippen molar-refractivity contribution in [1.29, 1.82) is 0 Å². The molecule has 3 aliphatic rings. The quantitative estimate of drug-likeness (QED) is 0.576. The van der Waals surface area contributed by atoms with Crippen LogP contribution in [0.4, 0.5) is 13.6 Å². The van der Waals surface area contributed by atoms with Gasteiger partial charge in [0.15, 0.2) is 0 Å². The van der Waals surface area contributed by atoms with Gasteiger partial charge in [-0.1, -0.05) is 20.8 Å². The summed E-state index contributed by atoms with van der Waals surface area (Å²) >= 11 is 0. The van der Waals surface area contributed by atoms with E-state index in [0.29, 0.717) is 13.1 Å². The molecule has 0 bridgehead atoms. The molecule has 2 heterocycles. The van der Waals surface area contributed by atoms with E-state index in [1.54, 1.807) is 30.6 Å². The zero-order chi connectivity index (χ0) is 27.1. The Morgan fingerprint density at radius 2 is 1.47 bits per heavy atom. The van der Waals surface area contributed by atoms with Gasteiger partial charge in [0, 0.05) is 57.0 Å². The number of alkyl halides is 2. The fraction of sp³-hybridized carbons (Fsp3) is 0.885. The number of carbonyl (C=O) groups excluding carboxylic acids is 3. The molecule has 0 N–H and O–H groups in total. The van der Waals surface area contributed by atoms with E-state index in [0.717, 1.165) is 13.1 Å². The highest BCUT2D eigenvalue weighted by atomic mass is 19.3. The summed E-state index contributed by atoms with van der Waals surface area (Å²) in [7, 11) is 2.00. The first-order valence-electron chi connectivity index (χ1n) is 13.2. The number of rotatable bonds is 3. The van der Waals surface area contributed by atoms with Gasteiger partial charge in [-0.2, -0.15) is 0 Å². The molecule has 0 aromatic heterocycles. The number of nitrogens with zero attached hydrogens (tertiary/aromatic N) is 4. The molecule has 3 fully saturated rings. The van der Waals surface area contributed by atoms with Gasteiger partial charge in [-0.15, -0.1) is 0 Å². The van der Waals surface area contributed by atoms with Crippen molar-refractivity contribution in [1.82, 2.24) is 19.6 Å². The van der Waals surface area contributed by atoms with E-state index >= 15 is 0 Å². The van der Waals surface area contributed by atoms with E-state index in [1.165, 1.54) is 4.90 Å². The minimum absolute atomic E-state index is 0.139. The summed E-state index contributed by atoms with van der Waals surface area (Å²) in [6.07, 6.45) is -0.436. The van der Waals surface area contributed by atoms with Crippen LogP contribution in [0.3, 0.4) is 0 Å². The van der Waals surface area contributed by atoms with Crippen molar-refractivity contribution in [2.45, 2.75) is 103 Å². The molecule has 1 aliphatic carbocycles. The summed E-state index contributed by atoms with van der Waals surface area (Å²) in [6.45, 7) is 13.5. The molecule has 36 heavy (non-hydrogen) atoms. The zero-order valence-electron chi connectivity index (χ0n) is 23.0. The molecule has 2 atom stereocenters. The second kappa shape index (κ2) is 10.4. The van der Waals surface area contributed by atoms with Crippen molar-refractivity contribution < 1.29 is 27.9 Å². The van der Waals surface area contributed by atoms with Gasteiger partial charge in [0.25, 0.3) is 0 Å². The molecule has 206 valence electrons. The molecule has 0 spiro atoms. The van der Waals surface area contributed by atoms with Crippen LogP contribution in [-0.4, -0.2) is 107 Å². The standard InChI is InChI=1S/C26H44F2N4O4/c1-24(2,3)22(34)32(18-8-10-26(27,28)11-9-18)19-16-20(21(33)30-14-12-29(7)13-15-30)31(17-19)23(35)36-25(4,5)6/h18-20H,8-17H2,1-7H3/t19-,20-/m0/s1. The Balaban J connectivity index is 1.89. The molecule has 8 nitrogen and oxygen atoms in total. The Morgan fingerprint density at radius 1 is 0.917 bits per heavy atom. The smallest absolute Gasteiger partial charge is 0.411 e. The number of hydrogen-bond donors (Lipinski definition) is 0. The molecular formula is C26H44F2N4O4. The van der Waals surface area contributed by atoms with Crippen LogP contribution < -0.4 is 0 Å². The molecule has 0 aromatic carbocycles. The van der Waals surface area contributed by atoms with Gasteiger partial charge >= 0.3 is 6.09 Å². The van der Waals surface area contributed by atoms with Crippen molar-refractivity contribution >= 4 is 17.9 Å². The van der Waals surface area contributed by atoms with Crippen LogP contribution in [-0.2, 0) is 14.3 Å². The predicted octanol–water partition coefficient (Wildman–Crippen LogP) is 3.59. The Kier molecular flexibility index (Phi) is 8.28. The van der Waals surface area contributed by atoms with E-state index in [4.69, 9.17) is 4.74 Å². The minimum atomic E-state index is -2.72. The number of hydrogen-bond acceptors (Lipinski definition) is 5. The lowest BCUT2D eigenvalue weighted by Gasteiger charge is -2.43. The lowest BCUT2D eigenvalue weighted by molar-refractivity contribution is -0.148. The van der Waals surface area contributed by atoms with Crippen LogP contribution in [0, 0.1) is 5.41 Å². The first kappa shape index (κ1) is 28.6. The molecule has 10 heteroatoms. The van der Waals surface area contributed by atoms with Gasteiger partial charge < -0.3 is 19.4 Å². The second-order valence-electron chi connectivity index (χ2n) is 12.7. The average molecular weight is 515 g/mol. The first-order chi connectivity index (χ1) is 16.5. The van der Waals surface area contributed by atoms with Gasteiger partial charge in [-0.05, 0) is 47.1 Å². The van der Waals surface area contributed by atoms with E-state index < -0.39 is 35.1 Å². The van der Waals surface area contributed by atoms with E-state index in [1.807, 2.05) is 27.8 Å². The van der Waals surface area contributed by atoms with Gasteiger partial charge in [0.05, 0.1) is 6.04 Å². The summed E-state index contributed by atoms with van der Waals surface area (Å²) in [5.41, 5.74) is -1.47. The van der Waals surface area contributed by atoms with E-state index in [2.05, 4.69) is 4.90 Å². The molecule has 2 aliphatic heterocycles. The Hall–Kier alpha value is -1.97. The molecule has 0 aromatic rings. The third kappa shape index (κ3) is 6.86. The van der Waals surface area contributed by atoms with Crippen LogP contribution in [0.5, 0.6) is 0 Å². The van der Waals surface area contributed by atoms with Crippen LogP contribution in [0.2, 0.25) is 0 Å². The number of ether oxygens (including phenoxy) is 1. The van der Waals surface area contributed by atoms with Crippen LogP contribution in [0.25, 0.3) is 0 Å². The SMILES string of the molecule is CN1CCN(C(=O)[C@@H]2C[C@H](N(C(=O)C(C)(C)C)C3CCC(F)(F)CC3)CN2C(=O)OC(C)(C)C)CC1. The Labute approximate surface area is 214 Å². The highest BCUT2D eigenvalue weighted by molar-refractivity contribution is 5.87. The minimum Gasteiger partial charge on any atom is -0.444 e. The largest absolute Gasteiger partial charge is 0.444 e. The van der Waals surface area contributed by atoms with Gasteiger partial charge in [-0.3, -0.25) is 14.5 Å². The van der Waals surface area contributed by atoms with Crippen LogP contribution in [0.1, 0.15) is 73.6 Å². The Morgan fingerprint density at radius 3 is 1.97 bits per heavy atom. The van der Waals surface area contributed by atoms with Gasteiger partial charge in [0.1, 0.15) is 11.6 Å². The lowest BCUT2D eigenvalue weighted by atomic mass is 9.86. The summed E-state index contributed by atoms with van der Waals surface area (Å²) in [5.74, 6) is -3.00. The average Bonchev–Trinajstić information content (AvgIpc) is 3.18. The Bertz CT molecular complexity index is 821. The van der Waals surface area contributed by atoms with Crippen LogP contribution >= 0.6 is 0 Å². The lowest BCUT2D eigenvalue weighted by Crippen LogP contribution is -2.54. The van der Waals surface area contributed by atoms with Crippen molar-refractivity contribution in [3.63, 3.8) is 0 Å². The monoisotopic (exact) mass is 514 g/mol. The zero-order valence-corrected chi connectivity index (χ0v) is 23.0. The molecule has 0 radical (unpaired) electrons. The van der Waals surface area contributed by atoms with Crippen LogP contribution in [0.15, 0.2) is 0 Å². The molecule has 2 saturated heterocycles. The molecule has 0 unspecified atom stereocenters. The van der Waals surface area contributed by atoms with Crippen molar-refractivity contribution in [2.24, 2.45) is 5.41 Å². The third-order valence-corrected chi connectivity index (χ3v) is 7.36. The van der Waals surface area contributed by atoms with Gasteiger partial charge in [0.2, 0.25) is 17.7 Å². The highest BCUT2D eigenvalue weighted by Crippen LogP contribution is 2.39. The maximum absolute atomic E-state index is 14.0. The van der Waals surface area contributed by atoms with Gasteiger partial charge in [-0.25, -0.2) is 13.6 Å². The maximum atomic E-state index is 14.0. The molecular weight excluding hydrogens is 470 g/mol. The van der Waals surface area contributed by atoms with Crippen molar-refractivity contribution in [3.05, 3.63) is 0 Å². The summed E-state index contributed by atoms with van der Waals surface area (Å²) < 4.78 is 33.5. The number of likely N-dealkylation sites (N-methyl/N-ethyl adjacent to an activating group) is 1. The summed E-state index contributed by atoms with van der Waals surface area (Å²) in [6, 6.07) is -1.55. The molecule has 1 saturated carbocycles. The topological polar surface area (TPSA) is 73.4 Å². The number of carbonyl (C=O) groups is 3. The summed E-state index contributed by atoms with van der Waals surface area (Å²) in [4.78, 5) is 47.6. The normalized spacial score (nSPS) is 26.1. The third-order valence-electron chi connectivity index (χ3n) is 7.36. The van der Waals surface area contributed by atoms with E-state index in [9.17, 15) is 23.2 Å². The number of likely N-dealkylation sites (tertiary alicyclic amines) is 1. The number of piperazine rings is 1. The number of halogens is 2. The fourth-order valence-corrected chi connectivity index (χ4v) is 5.33. The van der Waals surface area contributed by atoms with E-state index in [-0.39, 0.29) is 56.5 Å².